The van der Waals surface area contributed by atoms with Crippen molar-refractivity contribution in [2.24, 2.45) is 0 Å². The Kier molecular flexibility index (Phi) is 2.75. The van der Waals surface area contributed by atoms with Crippen molar-refractivity contribution in [2.45, 2.75) is 19.3 Å². The molecule has 10 heavy (non-hydrogen) atoms. The molecule has 0 bridgehead atoms. The third-order valence-electron chi connectivity index (χ3n) is 1.93. The van der Waals surface area contributed by atoms with Gasteiger partial charge in [-0.3, -0.25) is 0 Å². The van der Waals surface area contributed by atoms with Crippen LogP contribution in [0.15, 0.2) is 12.3 Å². The Morgan fingerprint density at radius 2 is 2.40 bits per heavy atom. The van der Waals surface area contributed by atoms with Crippen LogP contribution in [-0.2, 0) is 0 Å². The lowest BCUT2D eigenvalue weighted by molar-refractivity contribution is 0.261. The minimum atomic E-state index is 0.295. The highest BCUT2D eigenvalue weighted by molar-refractivity contribution is 4.98. The Morgan fingerprint density at radius 1 is 1.60 bits per heavy atom. The maximum atomic E-state index is 8.56. The van der Waals surface area contributed by atoms with E-state index >= 15 is 0 Å². The SMILES string of the molecule is C=C1CCCN1CCCO. The van der Waals surface area contributed by atoms with Crippen LogP contribution in [0.1, 0.15) is 19.3 Å². The second kappa shape index (κ2) is 3.62. The summed E-state index contributed by atoms with van der Waals surface area (Å²) in [6, 6.07) is 0. The molecule has 1 rings (SSSR count). The molecule has 2 heteroatoms. The molecule has 1 N–H and O–H groups in total. The van der Waals surface area contributed by atoms with E-state index in [0.29, 0.717) is 6.61 Å². The third kappa shape index (κ3) is 1.74. The molecule has 0 saturated carbocycles. The molecule has 0 aliphatic carbocycles. The molecule has 1 heterocycles. The van der Waals surface area contributed by atoms with Crippen LogP contribution in [0.4, 0.5) is 0 Å². The first kappa shape index (κ1) is 7.61. The van der Waals surface area contributed by atoms with Crippen molar-refractivity contribution in [3.05, 3.63) is 12.3 Å². The van der Waals surface area contributed by atoms with E-state index in [1.165, 1.54) is 12.1 Å². The van der Waals surface area contributed by atoms with Gasteiger partial charge in [0.1, 0.15) is 0 Å². The van der Waals surface area contributed by atoms with Gasteiger partial charge in [-0.2, -0.15) is 0 Å². The van der Waals surface area contributed by atoms with E-state index < -0.39 is 0 Å². The first-order valence-corrected chi connectivity index (χ1v) is 3.88. The highest BCUT2D eigenvalue weighted by Gasteiger charge is 2.12. The van der Waals surface area contributed by atoms with Gasteiger partial charge in [-0.15, -0.1) is 0 Å². The van der Waals surface area contributed by atoms with Crippen molar-refractivity contribution in [2.75, 3.05) is 19.7 Å². The molecular weight excluding hydrogens is 126 g/mol. The molecule has 0 radical (unpaired) electrons. The fourth-order valence-corrected chi connectivity index (χ4v) is 1.32. The van der Waals surface area contributed by atoms with Gasteiger partial charge in [-0.1, -0.05) is 6.58 Å². The standard InChI is InChI=1S/C8H15NO/c1-8-4-2-5-9(8)6-3-7-10/h10H,1-7H2. The smallest absolute Gasteiger partial charge is 0.0447 e. The zero-order valence-corrected chi connectivity index (χ0v) is 6.34. The van der Waals surface area contributed by atoms with Crippen molar-refractivity contribution < 1.29 is 5.11 Å². The molecule has 0 atom stereocenters. The number of aliphatic hydroxyl groups is 1. The van der Waals surface area contributed by atoms with Crippen LogP contribution >= 0.6 is 0 Å². The van der Waals surface area contributed by atoms with Gasteiger partial charge >= 0.3 is 0 Å². The predicted octanol–water partition coefficient (Wildman–Crippen LogP) is 0.978. The van der Waals surface area contributed by atoms with Gasteiger partial charge in [-0.25, -0.2) is 0 Å². The van der Waals surface area contributed by atoms with Crippen LogP contribution in [0.25, 0.3) is 0 Å². The fraction of sp³-hybridized carbons (Fsp3) is 0.750. The number of allylic oxidation sites excluding steroid dienone is 1. The highest BCUT2D eigenvalue weighted by atomic mass is 16.3. The maximum Gasteiger partial charge on any atom is 0.0447 e. The largest absolute Gasteiger partial charge is 0.396 e. The lowest BCUT2D eigenvalue weighted by Gasteiger charge is -2.17. The molecule has 0 aromatic carbocycles. The Morgan fingerprint density at radius 3 is 2.90 bits per heavy atom. The average molecular weight is 141 g/mol. The van der Waals surface area contributed by atoms with E-state index in [1.807, 2.05) is 0 Å². The van der Waals surface area contributed by atoms with Crippen molar-refractivity contribution in [1.29, 1.82) is 0 Å². The number of hydrogen-bond donors (Lipinski definition) is 1. The van der Waals surface area contributed by atoms with Crippen LogP contribution in [0.2, 0.25) is 0 Å². The first-order valence-electron chi connectivity index (χ1n) is 3.88. The van der Waals surface area contributed by atoms with E-state index in [9.17, 15) is 0 Å². The quantitative estimate of drug-likeness (QED) is 0.633. The summed E-state index contributed by atoms with van der Waals surface area (Å²) in [5.74, 6) is 0. The van der Waals surface area contributed by atoms with Crippen LogP contribution in [0.3, 0.4) is 0 Å². The second-order valence-corrected chi connectivity index (χ2v) is 2.73. The molecule has 0 amide bonds. The number of nitrogens with zero attached hydrogens (tertiary/aromatic N) is 1. The van der Waals surface area contributed by atoms with Gasteiger partial charge in [0.15, 0.2) is 0 Å². The summed E-state index contributed by atoms with van der Waals surface area (Å²) in [7, 11) is 0. The molecule has 2 nitrogen and oxygen atoms in total. The van der Waals surface area contributed by atoms with Gasteiger partial charge < -0.3 is 10.0 Å². The van der Waals surface area contributed by atoms with Crippen molar-refractivity contribution in [1.82, 2.24) is 4.90 Å². The molecule has 1 aliphatic rings. The lowest BCUT2D eigenvalue weighted by atomic mass is 10.3. The van der Waals surface area contributed by atoms with Crippen molar-refractivity contribution >= 4 is 0 Å². The lowest BCUT2D eigenvalue weighted by Crippen LogP contribution is -2.19. The van der Waals surface area contributed by atoms with E-state index in [0.717, 1.165) is 25.9 Å². The summed E-state index contributed by atoms with van der Waals surface area (Å²) in [5, 5.41) is 8.56. The summed E-state index contributed by atoms with van der Waals surface area (Å²) >= 11 is 0. The predicted molar refractivity (Wildman–Crippen MR) is 41.6 cm³/mol. The summed E-state index contributed by atoms with van der Waals surface area (Å²) in [4.78, 5) is 2.26. The second-order valence-electron chi connectivity index (χ2n) is 2.73. The number of hydrogen-bond acceptors (Lipinski definition) is 2. The Hall–Kier alpha value is -0.500. The molecule has 0 unspecified atom stereocenters. The van der Waals surface area contributed by atoms with Crippen LogP contribution < -0.4 is 0 Å². The van der Waals surface area contributed by atoms with Crippen LogP contribution in [-0.4, -0.2) is 29.7 Å². The normalized spacial score (nSPS) is 18.5. The summed E-state index contributed by atoms with van der Waals surface area (Å²) in [6.07, 6.45) is 3.26. The summed E-state index contributed by atoms with van der Waals surface area (Å²) in [6.45, 7) is 6.35. The van der Waals surface area contributed by atoms with Crippen molar-refractivity contribution in [3.8, 4) is 0 Å². The van der Waals surface area contributed by atoms with Crippen molar-refractivity contribution in [3.63, 3.8) is 0 Å². The summed E-state index contributed by atoms with van der Waals surface area (Å²) in [5.41, 5.74) is 1.24. The molecule has 1 aliphatic heterocycles. The van der Waals surface area contributed by atoms with Gasteiger partial charge in [0.25, 0.3) is 0 Å². The van der Waals surface area contributed by atoms with Gasteiger partial charge in [0, 0.05) is 25.4 Å². The molecule has 58 valence electrons. The Labute approximate surface area is 62.2 Å². The van der Waals surface area contributed by atoms with E-state index in [2.05, 4.69) is 11.5 Å². The maximum absolute atomic E-state index is 8.56. The number of aliphatic hydroxyl groups excluding tert-OH is 1. The molecule has 1 saturated heterocycles. The van der Waals surface area contributed by atoms with E-state index in [4.69, 9.17) is 5.11 Å². The van der Waals surface area contributed by atoms with E-state index in [1.54, 1.807) is 0 Å². The third-order valence-corrected chi connectivity index (χ3v) is 1.93. The molecule has 1 fully saturated rings. The van der Waals surface area contributed by atoms with Gasteiger partial charge in [0.2, 0.25) is 0 Å². The highest BCUT2D eigenvalue weighted by Crippen LogP contribution is 2.18. The van der Waals surface area contributed by atoms with Crippen LogP contribution in [0, 0.1) is 0 Å². The van der Waals surface area contributed by atoms with Gasteiger partial charge in [0.05, 0.1) is 0 Å². The number of rotatable bonds is 3. The molecular formula is C8H15NO. The first-order chi connectivity index (χ1) is 4.84. The minimum Gasteiger partial charge on any atom is -0.396 e. The monoisotopic (exact) mass is 141 g/mol. The zero-order valence-electron chi connectivity index (χ0n) is 6.34. The van der Waals surface area contributed by atoms with E-state index in [-0.39, 0.29) is 0 Å². The molecule has 0 aromatic heterocycles. The zero-order chi connectivity index (χ0) is 7.40. The average Bonchev–Trinajstić information content (AvgIpc) is 2.31. The minimum absolute atomic E-state index is 0.295. The Bertz CT molecular complexity index is 122. The number of likely N-dealkylation sites (tertiary alicyclic amines) is 1. The topological polar surface area (TPSA) is 23.5 Å². The van der Waals surface area contributed by atoms with Gasteiger partial charge in [-0.05, 0) is 19.3 Å². The summed E-state index contributed by atoms with van der Waals surface area (Å²) < 4.78 is 0. The molecule has 0 spiro atoms. The Balaban J connectivity index is 2.20. The molecule has 0 aromatic rings. The fourth-order valence-electron chi connectivity index (χ4n) is 1.32. The van der Waals surface area contributed by atoms with Crippen LogP contribution in [0.5, 0.6) is 0 Å².